The van der Waals surface area contributed by atoms with Gasteiger partial charge in [-0.3, -0.25) is 4.79 Å². The van der Waals surface area contributed by atoms with Crippen LogP contribution < -0.4 is 10.9 Å². The lowest BCUT2D eigenvalue weighted by molar-refractivity contribution is 0.602. The molecule has 6 nitrogen and oxygen atoms in total. The average Bonchev–Trinajstić information content (AvgIpc) is 2.43. The van der Waals surface area contributed by atoms with Crippen molar-refractivity contribution in [1.29, 1.82) is 0 Å². The fourth-order valence-electron chi connectivity index (χ4n) is 1.69. The zero-order valence-corrected chi connectivity index (χ0v) is 13.1. The average molecular weight is 328 g/mol. The summed E-state index contributed by atoms with van der Waals surface area (Å²) >= 11 is 5.93. The molecule has 0 atom stereocenters. The molecule has 112 valence electrons. The molecule has 0 aliphatic heterocycles. The monoisotopic (exact) mass is 327 g/mol. The molecule has 1 heterocycles. The fraction of sp³-hybridized carbons (Fsp3) is 0.231. The van der Waals surface area contributed by atoms with Gasteiger partial charge in [0.25, 0.3) is 5.56 Å². The highest BCUT2D eigenvalue weighted by Crippen LogP contribution is 2.17. The molecule has 0 saturated carbocycles. The first-order valence-corrected chi connectivity index (χ1v) is 8.30. The molecule has 0 saturated heterocycles. The van der Waals surface area contributed by atoms with Gasteiger partial charge in [-0.05, 0) is 17.7 Å². The predicted octanol–water partition coefficient (Wildman–Crippen LogP) is 1.45. The zero-order valence-electron chi connectivity index (χ0n) is 11.5. The minimum absolute atomic E-state index is 0.0697. The molecule has 8 heteroatoms. The van der Waals surface area contributed by atoms with E-state index in [4.69, 9.17) is 11.6 Å². The Morgan fingerprint density at radius 3 is 2.48 bits per heavy atom. The van der Waals surface area contributed by atoms with Crippen LogP contribution in [0.3, 0.4) is 0 Å². The summed E-state index contributed by atoms with van der Waals surface area (Å²) in [5.74, 6) is 0. The van der Waals surface area contributed by atoms with Crippen LogP contribution in [0.15, 0.2) is 40.2 Å². The molecule has 0 aliphatic rings. The maximum Gasteiger partial charge on any atom is 0.287 e. The van der Waals surface area contributed by atoms with Crippen LogP contribution in [-0.2, 0) is 23.4 Å². The van der Waals surface area contributed by atoms with E-state index in [1.54, 1.807) is 12.1 Å². The van der Waals surface area contributed by atoms with E-state index in [0.29, 0.717) is 12.2 Å². The van der Waals surface area contributed by atoms with Crippen LogP contribution in [0.25, 0.3) is 0 Å². The molecule has 0 radical (unpaired) electrons. The molecule has 0 bridgehead atoms. The first kappa shape index (κ1) is 15.5. The zero-order chi connectivity index (χ0) is 15.6. The van der Waals surface area contributed by atoms with Gasteiger partial charge in [0.1, 0.15) is 5.02 Å². The van der Waals surface area contributed by atoms with Crippen molar-refractivity contribution < 1.29 is 8.42 Å². The molecule has 1 N–H and O–H groups in total. The van der Waals surface area contributed by atoms with Gasteiger partial charge in [-0.25, -0.2) is 13.1 Å². The third kappa shape index (κ3) is 3.62. The van der Waals surface area contributed by atoms with Crippen molar-refractivity contribution in [2.75, 3.05) is 11.6 Å². The summed E-state index contributed by atoms with van der Waals surface area (Å²) in [7, 11) is -1.68. The Labute approximate surface area is 127 Å². The predicted molar refractivity (Wildman–Crippen MR) is 81.4 cm³/mol. The summed E-state index contributed by atoms with van der Waals surface area (Å²) in [4.78, 5) is 11.9. The topological polar surface area (TPSA) is 81.1 Å². The maximum atomic E-state index is 11.6. The van der Waals surface area contributed by atoms with E-state index in [0.717, 1.165) is 16.5 Å². The first-order chi connectivity index (χ1) is 9.79. The van der Waals surface area contributed by atoms with Crippen LogP contribution in [0, 0.1) is 0 Å². The largest absolute Gasteiger partial charge is 0.378 e. The maximum absolute atomic E-state index is 11.6. The van der Waals surface area contributed by atoms with Gasteiger partial charge < -0.3 is 5.32 Å². The van der Waals surface area contributed by atoms with Gasteiger partial charge in [0, 0.05) is 19.8 Å². The number of aryl methyl sites for hydroxylation is 1. The highest BCUT2D eigenvalue weighted by atomic mass is 35.5. The SMILES string of the molecule is Cn1ncc(NCc2ccc(S(C)(=O)=O)cc2)c(Cl)c1=O. The van der Waals surface area contributed by atoms with E-state index in [1.807, 2.05) is 0 Å². The van der Waals surface area contributed by atoms with E-state index in [9.17, 15) is 13.2 Å². The van der Waals surface area contributed by atoms with Gasteiger partial charge in [-0.1, -0.05) is 23.7 Å². The third-order valence-electron chi connectivity index (χ3n) is 2.91. The van der Waals surface area contributed by atoms with E-state index < -0.39 is 9.84 Å². The number of sulfone groups is 1. The molecule has 0 fully saturated rings. The summed E-state index contributed by atoms with van der Waals surface area (Å²) in [6.45, 7) is 0.401. The summed E-state index contributed by atoms with van der Waals surface area (Å²) in [6, 6.07) is 6.48. The molecule has 1 aromatic heterocycles. The molecule has 0 amide bonds. The fourth-order valence-corrected chi connectivity index (χ4v) is 2.55. The molecular formula is C13H14ClN3O3S. The number of nitrogens with zero attached hydrogens (tertiary/aromatic N) is 2. The van der Waals surface area contributed by atoms with Crippen LogP contribution in [0.4, 0.5) is 5.69 Å². The van der Waals surface area contributed by atoms with Crippen molar-refractivity contribution in [3.05, 3.63) is 51.4 Å². The van der Waals surface area contributed by atoms with Crippen molar-refractivity contribution in [3.8, 4) is 0 Å². The Balaban J connectivity index is 2.14. The Kier molecular flexibility index (Phi) is 4.34. The van der Waals surface area contributed by atoms with Crippen LogP contribution in [0.2, 0.25) is 5.02 Å². The van der Waals surface area contributed by atoms with Gasteiger partial charge in [0.05, 0.1) is 16.8 Å². The highest BCUT2D eigenvalue weighted by Gasteiger charge is 2.08. The lowest BCUT2D eigenvalue weighted by Crippen LogP contribution is -2.21. The molecule has 2 rings (SSSR count). The molecule has 21 heavy (non-hydrogen) atoms. The van der Waals surface area contributed by atoms with Crippen LogP contribution in [0.5, 0.6) is 0 Å². The van der Waals surface area contributed by atoms with E-state index in [-0.39, 0.29) is 15.5 Å². The Bertz CT molecular complexity index is 814. The molecule has 0 aliphatic carbocycles. The normalized spacial score (nSPS) is 11.4. The molecule has 0 unspecified atom stereocenters. The number of rotatable bonds is 4. The van der Waals surface area contributed by atoms with Crippen LogP contribution in [0.1, 0.15) is 5.56 Å². The number of anilines is 1. The summed E-state index contributed by atoms with van der Waals surface area (Å²) < 4.78 is 23.9. The Hall–Kier alpha value is -1.86. The van der Waals surface area contributed by atoms with Crippen molar-refractivity contribution in [1.82, 2.24) is 9.78 Å². The van der Waals surface area contributed by atoms with Crippen molar-refractivity contribution in [2.24, 2.45) is 7.05 Å². The van der Waals surface area contributed by atoms with Gasteiger partial charge in [-0.2, -0.15) is 5.10 Å². The smallest absolute Gasteiger partial charge is 0.287 e. The second-order valence-corrected chi connectivity index (χ2v) is 6.96. The number of benzene rings is 1. The van der Waals surface area contributed by atoms with E-state index >= 15 is 0 Å². The summed E-state index contributed by atoms with van der Waals surface area (Å²) in [6.07, 6.45) is 2.63. The van der Waals surface area contributed by atoms with E-state index in [2.05, 4.69) is 10.4 Å². The van der Waals surface area contributed by atoms with Gasteiger partial charge in [0.15, 0.2) is 9.84 Å². The van der Waals surface area contributed by atoms with E-state index in [1.165, 1.54) is 25.4 Å². The molecule has 0 spiro atoms. The lowest BCUT2D eigenvalue weighted by Gasteiger charge is -2.09. The minimum atomic E-state index is -3.20. The number of aromatic nitrogens is 2. The molecule has 1 aromatic carbocycles. The second kappa shape index (κ2) is 5.87. The Morgan fingerprint density at radius 2 is 1.90 bits per heavy atom. The number of halogens is 1. The molecule has 2 aromatic rings. The Morgan fingerprint density at radius 1 is 1.29 bits per heavy atom. The van der Waals surface area contributed by atoms with Gasteiger partial charge in [0.2, 0.25) is 0 Å². The standard InChI is InChI=1S/C13H14ClN3O3S/c1-17-13(18)12(14)11(8-16-17)15-7-9-3-5-10(6-4-9)21(2,19)20/h3-6,8,15H,7H2,1-2H3. The van der Waals surface area contributed by atoms with Crippen molar-refractivity contribution in [3.63, 3.8) is 0 Å². The highest BCUT2D eigenvalue weighted by molar-refractivity contribution is 7.90. The molecular weight excluding hydrogens is 314 g/mol. The number of nitrogens with one attached hydrogen (secondary N) is 1. The second-order valence-electron chi connectivity index (χ2n) is 4.57. The number of hydrogen-bond acceptors (Lipinski definition) is 5. The van der Waals surface area contributed by atoms with Crippen molar-refractivity contribution in [2.45, 2.75) is 11.4 Å². The summed E-state index contributed by atoms with van der Waals surface area (Å²) in [5, 5.41) is 6.94. The third-order valence-corrected chi connectivity index (χ3v) is 4.41. The van der Waals surface area contributed by atoms with Gasteiger partial charge >= 0.3 is 0 Å². The summed E-state index contributed by atoms with van der Waals surface area (Å²) in [5.41, 5.74) is 0.917. The van der Waals surface area contributed by atoms with Gasteiger partial charge in [-0.15, -0.1) is 0 Å². The minimum Gasteiger partial charge on any atom is -0.378 e. The van der Waals surface area contributed by atoms with Crippen molar-refractivity contribution >= 4 is 27.1 Å². The van der Waals surface area contributed by atoms with Crippen LogP contribution in [-0.4, -0.2) is 24.5 Å². The number of hydrogen-bond donors (Lipinski definition) is 1. The van der Waals surface area contributed by atoms with Crippen LogP contribution >= 0.6 is 11.6 Å². The first-order valence-electron chi connectivity index (χ1n) is 6.03. The lowest BCUT2D eigenvalue weighted by atomic mass is 10.2. The quantitative estimate of drug-likeness (QED) is 0.919.